The zero-order chi connectivity index (χ0) is 20.8. The molecule has 0 aliphatic heterocycles. The van der Waals surface area contributed by atoms with Crippen LogP contribution in [0.3, 0.4) is 0 Å². The van der Waals surface area contributed by atoms with Gasteiger partial charge in [-0.05, 0) is 43.0 Å². The quantitative estimate of drug-likeness (QED) is 0.288. The van der Waals surface area contributed by atoms with E-state index in [0.717, 1.165) is 38.5 Å². The molecule has 0 spiro atoms. The van der Waals surface area contributed by atoms with Crippen LogP contribution in [-0.4, -0.2) is 29.4 Å². The molecule has 0 bridgehead atoms. The third-order valence-corrected chi connectivity index (χ3v) is 4.16. The van der Waals surface area contributed by atoms with E-state index >= 15 is 0 Å². The number of nitrogens with zero attached hydrogens (tertiary/aromatic N) is 2. The van der Waals surface area contributed by atoms with Crippen LogP contribution in [0.2, 0.25) is 0 Å². The molecule has 0 heterocycles. The molecule has 0 radical (unpaired) electrons. The molecule has 0 unspecified atom stereocenters. The van der Waals surface area contributed by atoms with E-state index < -0.39 is 0 Å². The van der Waals surface area contributed by atoms with Crippen LogP contribution in [0.4, 0.5) is 0 Å². The Bertz CT molecular complexity index is 699. The second kappa shape index (κ2) is 13.5. The minimum Gasteiger partial charge on any atom is -0.507 e. The zero-order valence-corrected chi connectivity index (χ0v) is 17.1. The van der Waals surface area contributed by atoms with Gasteiger partial charge in [0, 0.05) is 18.4 Å². The van der Waals surface area contributed by atoms with Gasteiger partial charge in [0.15, 0.2) is 0 Å². The summed E-state index contributed by atoms with van der Waals surface area (Å²) in [6.07, 6.45) is 9.63. The first-order chi connectivity index (χ1) is 13.5. The molecule has 0 aromatic heterocycles. The first kappa shape index (κ1) is 23.3. The number of hydrogen-bond acceptors (Lipinski definition) is 5. The van der Waals surface area contributed by atoms with Crippen molar-refractivity contribution in [2.75, 3.05) is 0 Å². The van der Waals surface area contributed by atoms with Gasteiger partial charge in [0.2, 0.25) is 11.8 Å². The number of amides is 2. The zero-order valence-electron chi connectivity index (χ0n) is 17.1. The van der Waals surface area contributed by atoms with Crippen LogP contribution in [-0.2, 0) is 9.59 Å². The number of carbonyl (C=O) groups excluding carboxylic acids is 2. The lowest BCUT2D eigenvalue weighted by molar-refractivity contribution is -0.122. The van der Waals surface area contributed by atoms with Crippen molar-refractivity contribution in [3.8, 4) is 5.75 Å². The molecule has 1 rings (SSSR count). The summed E-state index contributed by atoms with van der Waals surface area (Å²) in [4.78, 5) is 23.3. The lowest BCUT2D eigenvalue weighted by Crippen LogP contribution is -2.17. The van der Waals surface area contributed by atoms with Gasteiger partial charge in [-0.1, -0.05) is 39.5 Å². The molecule has 7 heteroatoms. The number of aromatic hydroxyl groups is 1. The number of hydrogen-bond donors (Lipinski definition) is 3. The topological polar surface area (TPSA) is 103 Å². The standard InChI is InChI=1S/C21H32N4O3/c1-4-6-8-10-19(26)24-22-14-17-12-16(3)21(28)18(13-17)15-23-25-20(27)11-9-7-5-2/h12-15,28H,4-11H2,1-3H3,(H,24,26)(H,25,27)/b22-14-,23-15-. The van der Waals surface area contributed by atoms with E-state index in [9.17, 15) is 14.7 Å². The Labute approximate surface area is 167 Å². The summed E-state index contributed by atoms with van der Waals surface area (Å²) in [5, 5.41) is 18.1. The summed E-state index contributed by atoms with van der Waals surface area (Å²) in [5.74, 6) is -0.179. The SMILES string of the molecule is CCCCCC(=O)N/N=C\c1cc(C)c(O)c(/C=N\NC(=O)CCCCC)c1. The number of benzene rings is 1. The van der Waals surface area contributed by atoms with Crippen LogP contribution >= 0.6 is 0 Å². The molecule has 1 aromatic rings. The van der Waals surface area contributed by atoms with Crippen LogP contribution in [0.5, 0.6) is 5.75 Å². The average Bonchev–Trinajstić information content (AvgIpc) is 2.66. The predicted octanol–water partition coefficient (Wildman–Crippen LogP) is 3.76. The minimum atomic E-state index is -0.149. The number of phenolic OH excluding ortho intramolecular Hbond substituents is 1. The number of phenols is 1. The van der Waals surface area contributed by atoms with Gasteiger partial charge in [-0.25, -0.2) is 10.9 Å². The first-order valence-corrected chi connectivity index (χ1v) is 9.95. The summed E-state index contributed by atoms with van der Waals surface area (Å²) in [5.41, 5.74) is 6.79. The normalized spacial score (nSPS) is 11.2. The highest BCUT2D eigenvalue weighted by atomic mass is 16.3. The highest BCUT2D eigenvalue weighted by Gasteiger charge is 2.06. The van der Waals surface area contributed by atoms with E-state index in [2.05, 4.69) is 34.9 Å². The summed E-state index contributed by atoms with van der Waals surface area (Å²) < 4.78 is 0. The number of unbranched alkanes of at least 4 members (excludes halogenated alkanes) is 4. The molecule has 0 aliphatic rings. The molecule has 154 valence electrons. The van der Waals surface area contributed by atoms with Gasteiger partial charge in [0.1, 0.15) is 5.75 Å². The fourth-order valence-corrected chi connectivity index (χ4v) is 2.54. The second-order valence-corrected chi connectivity index (χ2v) is 6.78. The molecule has 1 aromatic carbocycles. The number of aryl methyl sites for hydroxylation is 1. The molecule has 3 N–H and O–H groups in total. The number of carbonyl (C=O) groups is 2. The molecular weight excluding hydrogens is 356 g/mol. The van der Waals surface area contributed by atoms with Gasteiger partial charge >= 0.3 is 0 Å². The lowest BCUT2D eigenvalue weighted by Gasteiger charge is -2.05. The highest BCUT2D eigenvalue weighted by Crippen LogP contribution is 2.21. The van der Waals surface area contributed by atoms with Gasteiger partial charge < -0.3 is 5.11 Å². The minimum absolute atomic E-state index is 0.0877. The third-order valence-electron chi connectivity index (χ3n) is 4.16. The Balaban J connectivity index is 2.65. The van der Waals surface area contributed by atoms with E-state index in [1.54, 1.807) is 19.1 Å². The van der Waals surface area contributed by atoms with Crippen LogP contribution in [0.25, 0.3) is 0 Å². The van der Waals surface area contributed by atoms with E-state index in [-0.39, 0.29) is 17.6 Å². The van der Waals surface area contributed by atoms with Crippen LogP contribution < -0.4 is 10.9 Å². The Morgan fingerprint density at radius 1 is 0.929 bits per heavy atom. The largest absolute Gasteiger partial charge is 0.507 e. The molecule has 0 fully saturated rings. The molecular formula is C21H32N4O3. The van der Waals surface area contributed by atoms with Gasteiger partial charge in [-0.2, -0.15) is 10.2 Å². The molecule has 2 amide bonds. The Hall–Kier alpha value is -2.70. The van der Waals surface area contributed by atoms with Crippen molar-refractivity contribution in [3.63, 3.8) is 0 Å². The number of hydrazone groups is 2. The maximum Gasteiger partial charge on any atom is 0.240 e. The smallest absolute Gasteiger partial charge is 0.240 e. The van der Waals surface area contributed by atoms with Crippen molar-refractivity contribution < 1.29 is 14.7 Å². The van der Waals surface area contributed by atoms with E-state index in [1.807, 2.05) is 0 Å². The summed E-state index contributed by atoms with van der Waals surface area (Å²) in [6.45, 7) is 5.92. The lowest BCUT2D eigenvalue weighted by atomic mass is 10.1. The highest BCUT2D eigenvalue weighted by molar-refractivity contribution is 5.90. The van der Waals surface area contributed by atoms with Gasteiger partial charge in [0.05, 0.1) is 12.4 Å². The maximum atomic E-state index is 11.7. The second-order valence-electron chi connectivity index (χ2n) is 6.78. The van der Waals surface area contributed by atoms with Gasteiger partial charge in [0.25, 0.3) is 0 Å². The van der Waals surface area contributed by atoms with Crippen molar-refractivity contribution >= 4 is 24.2 Å². The fourth-order valence-electron chi connectivity index (χ4n) is 2.54. The van der Waals surface area contributed by atoms with Crippen molar-refractivity contribution in [3.05, 3.63) is 28.8 Å². The molecule has 0 saturated heterocycles. The fraction of sp³-hybridized carbons (Fsp3) is 0.524. The predicted molar refractivity (Wildman–Crippen MR) is 113 cm³/mol. The molecule has 0 aliphatic carbocycles. The third kappa shape index (κ3) is 9.30. The van der Waals surface area contributed by atoms with Crippen molar-refractivity contribution in [1.29, 1.82) is 0 Å². The summed E-state index contributed by atoms with van der Waals surface area (Å²) in [7, 11) is 0. The van der Waals surface area contributed by atoms with E-state index in [4.69, 9.17) is 0 Å². The molecule has 7 nitrogen and oxygen atoms in total. The Kier molecular flexibility index (Phi) is 11.2. The summed E-state index contributed by atoms with van der Waals surface area (Å²) in [6, 6.07) is 3.44. The van der Waals surface area contributed by atoms with Crippen LogP contribution in [0, 0.1) is 6.92 Å². The number of nitrogens with one attached hydrogen (secondary N) is 2. The first-order valence-electron chi connectivity index (χ1n) is 9.95. The van der Waals surface area contributed by atoms with Crippen molar-refractivity contribution in [2.24, 2.45) is 10.2 Å². The number of rotatable bonds is 12. The average molecular weight is 389 g/mol. The van der Waals surface area contributed by atoms with Crippen LogP contribution in [0.1, 0.15) is 81.9 Å². The molecule has 0 atom stereocenters. The Morgan fingerprint density at radius 3 is 2.00 bits per heavy atom. The molecule has 0 saturated carbocycles. The van der Waals surface area contributed by atoms with Crippen LogP contribution in [0.15, 0.2) is 22.3 Å². The van der Waals surface area contributed by atoms with Gasteiger partial charge in [-0.15, -0.1) is 0 Å². The Morgan fingerprint density at radius 2 is 1.46 bits per heavy atom. The molecule has 28 heavy (non-hydrogen) atoms. The monoisotopic (exact) mass is 388 g/mol. The summed E-state index contributed by atoms with van der Waals surface area (Å²) >= 11 is 0. The maximum absolute atomic E-state index is 11.7. The van der Waals surface area contributed by atoms with E-state index in [1.165, 1.54) is 12.4 Å². The van der Waals surface area contributed by atoms with Crippen molar-refractivity contribution in [2.45, 2.75) is 72.1 Å². The van der Waals surface area contributed by atoms with Crippen molar-refractivity contribution in [1.82, 2.24) is 10.9 Å². The van der Waals surface area contributed by atoms with E-state index in [0.29, 0.717) is 29.5 Å². The van der Waals surface area contributed by atoms with Gasteiger partial charge in [-0.3, -0.25) is 9.59 Å².